The number of hydrogen-bond acceptors (Lipinski definition) is 4. The van der Waals surface area contributed by atoms with E-state index < -0.39 is 0 Å². The summed E-state index contributed by atoms with van der Waals surface area (Å²) in [5.41, 5.74) is 3.07. The Hall–Kier alpha value is -1.33. The Morgan fingerprint density at radius 1 is 1.38 bits per heavy atom. The van der Waals surface area contributed by atoms with Gasteiger partial charge in [0, 0.05) is 0 Å². The molecule has 84 valence electrons. The van der Waals surface area contributed by atoms with Gasteiger partial charge in [-0.1, -0.05) is 30.0 Å². The Labute approximate surface area is 98.5 Å². The van der Waals surface area contributed by atoms with Crippen LogP contribution >= 0.6 is 11.8 Å². The van der Waals surface area contributed by atoms with Crippen molar-refractivity contribution in [2.24, 2.45) is 10.8 Å². The fraction of sp³-hybridized carbons (Fsp3) is 0.273. The molecule has 1 amide bonds. The Balaban J connectivity index is 2.40. The molecule has 0 aliphatic carbocycles. The van der Waals surface area contributed by atoms with Gasteiger partial charge in [0.2, 0.25) is 0 Å². The molecule has 16 heavy (non-hydrogen) atoms. The van der Waals surface area contributed by atoms with Gasteiger partial charge in [0.15, 0.2) is 5.17 Å². The fourth-order valence-electron chi connectivity index (χ4n) is 1.54. The van der Waals surface area contributed by atoms with Crippen LogP contribution in [0, 0.1) is 13.8 Å². The summed E-state index contributed by atoms with van der Waals surface area (Å²) in [6.45, 7) is 3.99. The van der Waals surface area contributed by atoms with Crippen molar-refractivity contribution in [1.29, 1.82) is 0 Å². The van der Waals surface area contributed by atoms with E-state index in [-0.39, 0.29) is 5.91 Å². The van der Waals surface area contributed by atoms with Crippen LogP contribution in [0.15, 0.2) is 23.2 Å². The first-order chi connectivity index (χ1) is 7.59. The molecule has 0 atom stereocenters. The van der Waals surface area contributed by atoms with Gasteiger partial charge in [0.25, 0.3) is 5.91 Å². The van der Waals surface area contributed by atoms with Gasteiger partial charge < -0.3 is 0 Å². The summed E-state index contributed by atoms with van der Waals surface area (Å²) in [6, 6.07) is 5.98. The molecule has 4 nitrogen and oxygen atoms in total. The molecule has 2 N–H and O–H groups in total. The van der Waals surface area contributed by atoms with E-state index in [2.05, 4.69) is 4.99 Å². The normalized spacial score (nSPS) is 18.6. The summed E-state index contributed by atoms with van der Waals surface area (Å²) < 4.78 is 0. The van der Waals surface area contributed by atoms with Crippen LogP contribution in [-0.4, -0.2) is 21.8 Å². The summed E-state index contributed by atoms with van der Waals surface area (Å²) in [5.74, 6) is 5.88. The zero-order chi connectivity index (χ0) is 11.7. The minimum Gasteiger partial charge on any atom is -0.272 e. The minimum atomic E-state index is -0.102. The summed E-state index contributed by atoms with van der Waals surface area (Å²) in [4.78, 5) is 15.7. The van der Waals surface area contributed by atoms with Crippen molar-refractivity contribution >= 4 is 28.5 Å². The molecular formula is C11H13N3OS. The smallest absolute Gasteiger partial charge is 0.253 e. The van der Waals surface area contributed by atoms with Crippen LogP contribution in [0.5, 0.6) is 0 Å². The molecule has 5 heteroatoms. The maximum Gasteiger partial charge on any atom is 0.253 e. The number of para-hydroxylation sites is 1. The van der Waals surface area contributed by atoms with Crippen LogP contribution < -0.4 is 5.84 Å². The first-order valence-corrected chi connectivity index (χ1v) is 5.93. The van der Waals surface area contributed by atoms with Gasteiger partial charge in [0.1, 0.15) is 0 Å². The number of amides is 1. The van der Waals surface area contributed by atoms with E-state index in [1.54, 1.807) is 0 Å². The summed E-state index contributed by atoms with van der Waals surface area (Å²) in [7, 11) is 0. The third-order valence-electron chi connectivity index (χ3n) is 2.45. The molecule has 0 saturated carbocycles. The third kappa shape index (κ3) is 1.96. The Bertz CT molecular complexity index is 450. The predicted molar refractivity (Wildman–Crippen MR) is 66.5 cm³/mol. The molecular weight excluding hydrogens is 222 g/mol. The number of nitrogens with two attached hydrogens (primary N) is 1. The summed E-state index contributed by atoms with van der Waals surface area (Å²) in [6.07, 6.45) is 0. The maximum absolute atomic E-state index is 11.2. The molecule has 0 aromatic heterocycles. The maximum atomic E-state index is 11.2. The van der Waals surface area contributed by atoms with Gasteiger partial charge in [-0.2, -0.15) is 0 Å². The third-order valence-corrected chi connectivity index (χ3v) is 3.38. The SMILES string of the molecule is Cc1cccc(C)c1/N=C1\SCC(=O)N1N. The first-order valence-electron chi connectivity index (χ1n) is 4.95. The number of carbonyl (C=O) groups excluding carboxylic acids is 1. The second-order valence-electron chi connectivity index (χ2n) is 3.69. The highest BCUT2D eigenvalue weighted by Gasteiger charge is 2.25. The standard InChI is InChI=1S/C11H13N3OS/c1-7-4-3-5-8(2)10(7)13-11-14(12)9(15)6-16-11/h3-5H,6,12H2,1-2H3/b13-11-. The average Bonchev–Trinajstić information content (AvgIpc) is 2.55. The van der Waals surface area contributed by atoms with Crippen LogP contribution in [-0.2, 0) is 4.79 Å². The number of rotatable bonds is 1. The van der Waals surface area contributed by atoms with Gasteiger partial charge in [-0.3, -0.25) is 4.79 Å². The monoisotopic (exact) mass is 235 g/mol. The van der Waals surface area contributed by atoms with E-state index in [4.69, 9.17) is 5.84 Å². The van der Waals surface area contributed by atoms with E-state index >= 15 is 0 Å². The van der Waals surface area contributed by atoms with Crippen LogP contribution in [0.3, 0.4) is 0 Å². The molecule has 0 unspecified atom stereocenters. The van der Waals surface area contributed by atoms with E-state index in [0.717, 1.165) is 21.8 Å². The van der Waals surface area contributed by atoms with Crippen molar-refractivity contribution in [3.8, 4) is 0 Å². The largest absolute Gasteiger partial charge is 0.272 e. The van der Waals surface area contributed by atoms with Crippen molar-refractivity contribution in [3.63, 3.8) is 0 Å². The zero-order valence-corrected chi connectivity index (χ0v) is 10.0. The Morgan fingerprint density at radius 3 is 2.50 bits per heavy atom. The van der Waals surface area contributed by atoms with E-state index in [1.807, 2.05) is 32.0 Å². The summed E-state index contributed by atoms with van der Waals surface area (Å²) >= 11 is 1.37. The second-order valence-corrected chi connectivity index (χ2v) is 4.63. The van der Waals surface area contributed by atoms with E-state index in [0.29, 0.717) is 10.9 Å². The van der Waals surface area contributed by atoms with Crippen molar-refractivity contribution in [2.45, 2.75) is 13.8 Å². The Kier molecular flexibility index (Phi) is 2.98. The predicted octanol–water partition coefficient (Wildman–Crippen LogP) is 1.74. The number of benzene rings is 1. The van der Waals surface area contributed by atoms with Gasteiger partial charge >= 0.3 is 0 Å². The number of hydrogen-bond donors (Lipinski definition) is 1. The molecule has 2 rings (SSSR count). The quantitative estimate of drug-likeness (QED) is 0.596. The van der Waals surface area contributed by atoms with Crippen molar-refractivity contribution in [1.82, 2.24) is 5.01 Å². The molecule has 1 heterocycles. The average molecular weight is 235 g/mol. The number of aliphatic imine (C=N–C) groups is 1. The lowest BCUT2D eigenvalue weighted by molar-refractivity contribution is -0.124. The fourth-order valence-corrected chi connectivity index (χ4v) is 2.32. The highest BCUT2D eigenvalue weighted by molar-refractivity contribution is 8.15. The number of amidine groups is 1. The van der Waals surface area contributed by atoms with Crippen molar-refractivity contribution in [2.75, 3.05) is 5.75 Å². The van der Waals surface area contributed by atoms with Crippen LogP contribution in [0.4, 0.5) is 5.69 Å². The molecule has 1 aromatic rings. The van der Waals surface area contributed by atoms with E-state index in [1.165, 1.54) is 11.8 Å². The molecule has 1 fully saturated rings. The number of carbonyl (C=O) groups is 1. The van der Waals surface area contributed by atoms with Gasteiger partial charge in [0.05, 0.1) is 11.4 Å². The zero-order valence-electron chi connectivity index (χ0n) is 9.23. The van der Waals surface area contributed by atoms with Crippen LogP contribution in [0.25, 0.3) is 0 Å². The van der Waals surface area contributed by atoms with Gasteiger partial charge in [-0.25, -0.2) is 15.8 Å². The van der Waals surface area contributed by atoms with Crippen LogP contribution in [0.1, 0.15) is 11.1 Å². The number of thioether (sulfide) groups is 1. The van der Waals surface area contributed by atoms with Crippen LogP contribution in [0.2, 0.25) is 0 Å². The Morgan fingerprint density at radius 2 is 2.00 bits per heavy atom. The molecule has 0 spiro atoms. The molecule has 0 bridgehead atoms. The number of nitrogens with zero attached hydrogens (tertiary/aromatic N) is 2. The van der Waals surface area contributed by atoms with Gasteiger partial charge in [-0.15, -0.1) is 0 Å². The second kappa shape index (κ2) is 4.27. The van der Waals surface area contributed by atoms with Crippen molar-refractivity contribution in [3.05, 3.63) is 29.3 Å². The minimum absolute atomic E-state index is 0.102. The lowest BCUT2D eigenvalue weighted by Gasteiger charge is -2.09. The highest BCUT2D eigenvalue weighted by Crippen LogP contribution is 2.27. The molecule has 1 saturated heterocycles. The number of hydrazine groups is 1. The topological polar surface area (TPSA) is 58.7 Å². The molecule has 1 aromatic carbocycles. The first kappa shape index (κ1) is 11.2. The lowest BCUT2D eigenvalue weighted by atomic mass is 10.1. The molecule has 1 aliphatic rings. The molecule has 0 radical (unpaired) electrons. The lowest BCUT2D eigenvalue weighted by Crippen LogP contribution is -2.36. The van der Waals surface area contributed by atoms with Gasteiger partial charge in [-0.05, 0) is 25.0 Å². The molecule has 1 aliphatic heterocycles. The van der Waals surface area contributed by atoms with Crippen molar-refractivity contribution < 1.29 is 4.79 Å². The summed E-state index contributed by atoms with van der Waals surface area (Å²) in [5, 5.41) is 1.69. The number of aryl methyl sites for hydroxylation is 2. The van der Waals surface area contributed by atoms with E-state index in [9.17, 15) is 4.79 Å². The highest BCUT2D eigenvalue weighted by atomic mass is 32.2.